The van der Waals surface area contributed by atoms with E-state index in [4.69, 9.17) is 4.42 Å². The number of carbonyl (C=O) groups excluding carboxylic acids is 2. The summed E-state index contributed by atoms with van der Waals surface area (Å²) >= 11 is 0. The van der Waals surface area contributed by atoms with Crippen molar-refractivity contribution in [3.8, 4) is 0 Å². The largest absolute Gasteiger partial charge is 0.467 e. The van der Waals surface area contributed by atoms with Crippen molar-refractivity contribution in [2.24, 2.45) is 5.92 Å². The van der Waals surface area contributed by atoms with Crippen LogP contribution in [0, 0.1) is 5.92 Å². The number of carbonyl (C=O) groups is 2. The van der Waals surface area contributed by atoms with Gasteiger partial charge in [0, 0.05) is 12.6 Å². The van der Waals surface area contributed by atoms with E-state index in [9.17, 15) is 9.59 Å². The summed E-state index contributed by atoms with van der Waals surface area (Å²) in [6, 6.07) is 10.8. The zero-order chi connectivity index (χ0) is 19.8. The highest BCUT2D eigenvalue weighted by atomic mass is 16.3. The third kappa shape index (κ3) is 6.57. The molecule has 6 nitrogen and oxygen atoms in total. The number of nitrogens with zero attached hydrogens (tertiary/aromatic N) is 1. The number of anilines is 1. The number of benzene rings is 1. The van der Waals surface area contributed by atoms with Gasteiger partial charge in [0.2, 0.25) is 5.91 Å². The minimum Gasteiger partial charge on any atom is -0.467 e. The molecular formula is C21H29N3O3. The smallest absolute Gasteiger partial charge is 0.253 e. The van der Waals surface area contributed by atoms with E-state index in [1.165, 1.54) is 0 Å². The van der Waals surface area contributed by atoms with Gasteiger partial charge >= 0.3 is 0 Å². The normalized spacial score (nSPS) is 11.2. The van der Waals surface area contributed by atoms with E-state index in [1.54, 1.807) is 42.7 Å². The molecule has 1 heterocycles. The van der Waals surface area contributed by atoms with Crippen LogP contribution in [-0.2, 0) is 11.3 Å². The molecule has 0 radical (unpaired) electrons. The molecule has 0 saturated heterocycles. The summed E-state index contributed by atoms with van der Waals surface area (Å²) in [5.41, 5.74) is 0.935. The molecule has 0 fully saturated rings. The maximum absolute atomic E-state index is 12.5. The maximum atomic E-state index is 12.5. The molecule has 2 aromatic rings. The molecule has 0 unspecified atom stereocenters. The van der Waals surface area contributed by atoms with E-state index < -0.39 is 0 Å². The monoisotopic (exact) mass is 371 g/mol. The van der Waals surface area contributed by atoms with Gasteiger partial charge in [0.25, 0.3) is 5.91 Å². The van der Waals surface area contributed by atoms with Crippen molar-refractivity contribution in [1.29, 1.82) is 0 Å². The van der Waals surface area contributed by atoms with Gasteiger partial charge in [0.05, 0.1) is 30.6 Å². The average Bonchev–Trinajstić information content (AvgIpc) is 3.12. The number of hydrogen-bond donors (Lipinski definition) is 2. The van der Waals surface area contributed by atoms with Crippen LogP contribution >= 0.6 is 0 Å². The highest BCUT2D eigenvalue weighted by Gasteiger charge is 2.18. The van der Waals surface area contributed by atoms with E-state index in [-0.39, 0.29) is 24.4 Å². The molecule has 1 aromatic heterocycles. The molecule has 1 aromatic carbocycles. The highest BCUT2D eigenvalue weighted by Crippen LogP contribution is 2.16. The van der Waals surface area contributed by atoms with Crippen LogP contribution in [0.1, 0.15) is 43.8 Å². The summed E-state index contributed by atoms with van der Waals surface area (Å²) < 4.78 is 5.22. The molecule has 27 heavy (non-hydrogen) atoms. The van der Waals surface area contributed by atoms with Crippen molar-refractivity contribution in [2.75, 3.05) is 18.4 Å². The summed E-state index contributed by atoms with van der Waals surface area (Å²) in [6.45, 7) is 9.84. The van der Waals surface area contributed by atoms with E-state index in [0.717, 1.165) is 6.54 Å². The van der Waals surface area contributed by atoms with Gasteiger partial charge in [-0.1, -0.05) is 26.0 Å². The first-order valence-electron chi connectivity index (χ1n) is 9.30. The Morgan fingerprint density at radius 3 is 2.44 bits per heavy atom. The summed E-state index contributed by atoms with van der Waals surface area (Å²) in [7, 11) is 0. The Balaban J connectivity index is 2.01. The first kappa shape index (κ1) is 20.7. The van der Waals surface area contributed by atoms with Gasteiger partial charge < -0.3 is 15.1 Å². The second kappa shape index (κ2) is 9.92. The first-order valence-corrected chi connectivity index (χ1v) is 9.30. The van der Waals surface area contributed by atoms with Gasteiger partial charge in [0.15, 0.2) is 0 Å². The Labute approximate surface area is 160 Å². The Bertz CT molecular complexity index is 739. The molecule has 0 aliphatic rings. The minimum atomic E-state index is -0.259. The van der Waals surface area contributed by atoms with Crippen LogP contribution in [0.4, 0.5) is 5.69 Å². The molecule has 2 N–H and O–H groups in total. The predicted octanol–water partition coefficient (Wildman–Crippen LogP) is 3.51. The van der Waals surface area contributed by atoms with Gasteiger partial charge in [-0.25, -0.2) is 0 Å². The van der Waals surface area contributed by atoms with E-state index in [0.29, 0.717) is 29.5 Å². The number of hydrogen-bond acceptors (Lipinski definition) is 4. The van der Waals surface area contributed by atoms with Crippen molar-refractivity contribution < 1.29 is 14.0 Å². The van der Waals surface area contributed by atoms with Crippen LogP contribution in [0.3, 0.4) is 0 Å². The second-order valence-electron chi connectivity index (χ2n) is 7.27. The summed E-state index contributed by atoms with van der Waals surface area (Å²) in [5.74, 6) is 0.756. The number of furan rings is 1. The zero-order valence-electron chi connectivity index (χ0n) is 16.5. The van der Waals surface area contributed by atoms with Crippen LogP contribution in [0.25, 0.3) is 0 Å². The molecular weight excluding hydrogens is 342 g/mol. The summed E-state index contributed by atoms with van der Waals surface area (Å²) in [6.07, 6.45) is 1.56. The fourth-order valence-electron chi connectivity index (χ4n) is 2.77. The second-order valence-corrected chi connectivity index (χ2v) is 7.27. The molecule has 2 rings (SSSR count). The first-order chi connectivity index (χ1) is 12.9. The van der Waals surface area contributed by atoms with Gasteiger partial charge in [-0.15, -0.1) is 0 Å². The fraction of sp³-hybridized carbons (Fsp3) is 0.429. The quantitative estimate of drug-likeness (QED) is 0.707. The van der Waals surface area contributed by atoms with E-state index >= 15 is 0 Å². The third-order valence-corrected chi connectivity index (χ3v) is 4.13. The Morgan fingerprint density at radius 1 is 1.07 bits per heavy atom. The van der Waals surface area contributed by atoms with Crippen LogP contribution in [0.15, 0.2) is 47.1 Å². The van der Waals surface area contributed by atoms with Crippen molar-refractivity contribution in [3.05, 3.63) is 54.0 Å². The molecule has 0 aliphatic heterocycles. The van der Waals surface area contributed by atoms with Gasteiger partial charge in [-0.05, 0) is 44.0 Å². The lowest BCUT2D eigenvalue weighted by Gasteiger charge is -2.27. The number of rotatable bonds is 9. The maximum Gasteiger partial charge on any atom is 0.253 e. The minimum absolute atomic E-state index is 0.129. The van der Waals surface area contributed by atoms with E-state index in [2.05, 4.69) is 43.2 Å². The lowest BCUT2D eigenvalue weighted by Crippen LogP contribution is -2.40. The average molecular weight is 371 g/mol. The standard InChI is InChI=1S/C21H29N3O3/c1-15(2)13-24(16(3)4)14-20(25)23-19-10-6-5-9-18(19)21(26)22-12-17-8-7-11-27-17/h5-11,15-16H,12-14H2,1-4H3,(H,22,26)(H,23,25). The fourth-order valence-corrected chi connectivity index (χ4v) is 2.77. The molecule has 0 spiro atoms. The SMILES string of the molecule is CC(C)CN(CC(=O)Nc1ccccc1C(=O)NCc1ccco1)C(C)C. The predicted molar refractivity (Wildman–Crippen MR) is 106 cm³/mol. The molecule has 146 valence electrons. The molecule has 2 amide bonds. The zero-order valence-corrected chi connectivity index (χ0v) is 16.5. The van der Waals surface area contributed by atoms with Crippen LogP contribution in [-0.4, -0.2) is 35.8 Å². The van der Waals surface area contributed by atoms with Gasteiger partial charge in [0.1, 0.15) is 5.76 Å². The topological polar surface area (TPSA) is 74.6 Å². The summed E-state index contributed by atoms with van der Waals surface area (Å²) in [4.78, 5) is 27.2. The molecule has 0 aliphatic carbocycles. The molecule has 6 heteroatoms. The van der Waals surface area contributed by atoms with Crippen molar-refractivity contribution >= 4 is 17.5 Å². The Morgan fingerprint density at radius 2 is 1.81 bits per heavy atom. The van der Waals surface area contributed by atoms with Crippen LogP contribution < -0.4 is 10.6 Å². The van der Waals surface area contributed by atoms with Crippen molar-refractivity contribution in [3.63, 3.8) is 0 Å². The lowest BCUT2D eigenvalue weighted by molar-refractivity contribution is -0.117. The molecule has 0 atom stereocenters. The van der Waals surface area contributed by atoms with Crippen molar-refractivity contribution in [2.45, 2.75) is 40.3 Å². The van der Waals surface area contributed by atoms with Crippen LogP contribution in [0.5, 0.6) is 0 Å². The lowest BCUT2D eigenvalue weighted by atomic mass is 10.1. The number of para-hydroxylation sites is 1. The van der Waals surface area contributed by atoms with Crippen LogP contribution in [0.2, 0.25) is 0 Å². The number of nitrogens with one attached hydrogen (secondary N) is 2. The Kier molecular flexibility index (Phi) is 7.61. The van der Waals surface area contributed by atoms with Gasteiger partial charge in [-0.3, -0.25) is 14.5 Å². The molecule has 0 bridgehead atoms. The molecule has 0 saturated carbocycles. The van der Waals surface area contributed by atoms with E-state index in [1.807, 2.05) is 0 Å². The highest BCUT2D eigenvalue weighted by molar-refractivity contribution is 6.04. The summed E-state index contributed by atoms with van der Waals surface area (Å²) in [5, 5.41) is 5.68. The third-order valence-electron chi connectivity index (χ3n) is 4.13. The van der Waals surface area contributed by atoms with Crippen molar-refractivity contribution in [1.82, 2.24) is 10.2 Å². The number of amides is 2. The Hall–Kier alpha value is -2.60. The van der Waals surface area contributed by atoms with Gasteiger partial charge in [-0.2, -0.15) is 0 Å².